The second kappa shape index (κ2) is 10.6. The highest BCUT2D eigenvalue weighted by molar-refractivity contribution is 6.01. The summed E-state index contributed by atoms with van der Waals surface area (Å²) in [5, 5.41) is 9.38. The predicted molar refractivity (Wildman–Crippen MR) is 111 cm³/mol. The van der Waals surface area contributed by atoms with Gasteiger partial charge in [0.05, 0.1) is 13.5 Å². The number of rotatable bonds is 8. The third-order valence-corrected chi connectivity index (χ3v) is 3.88. The molecule has 2 rings (SSSR count). The Kier molecular flexibility index (Phi) is 7.90. The zero-order chi connectivity index (χ0) is 21.2. The smallest absolute Gasteiger partial charge is 0.271 e. The maximum atomic E-state index is 12.1. The summed E-state index contributed by atoms with van der Waals surface area (Å²) in [6.45, 7) is 3.46. The van der Waals surface area contributed by atoms with E-state index in [9.17, 15) is 14.4 Å². The first kappa shape index (κ1) is 21.6. The van der Waals surface area contributed by atoms with Crippen molar-refractivity contribution in [3.05, 3.63) is 59.7 Å². The van der Waals surface area contributed by atoms with Crippen LogP contribution in [-0.2, 0) is 16.1 Å². The van der Waals surface area contributed by atoms with Crippen LogP contribution in [0.3, 0.4) is 0 Å². The minimum Gasteiger partial charge on any atom is -0.497 e. The maximum absolute atomic E-state index is 12.1. The number of nitrogens with zero attached hydrogens (tertiary/aromatic N) is 1. The number of carbonyl (C=O) groups excluding carboxylic acids is 3. The number of hydrazone groups is 1. The molecule has 0 radical (unpaired) electrons. The minimum absolute atomic E-state index is 0.0674. The number of hydrogen-bond acceptors (Lipinski definition) is 5. The van der Waals surface area contributed by atoms with Gasteiger partial charge in [-0.25, -0.2) is 5.43 Å². The van der Waals surface area contributed by atoms with E-state index in [0.717, 1.165) is 11.3 Å². The number of ether oxygens (including phenoxy) is 1. The number of benzene rings is 2. The molecule has 0 bridgehead atoms. The molecule has 0 saturated heterocycles. The Hall–Kier alpha value is -3.68. The van der Waals surface area contributed by atoms with Gasteiger partial charge in [-0.2, -0.15) is 5.10 Å². The van der Waals surface area contributed by atoms with Gasteiger partial charge in [0.25, 0.3) is 5.91 Å². The van der Waals surface area contributed by atoms with Crippen LogP contribution in [0.4, 0.5) is 5.69 Å². The van der Waals surface area contributed by atoms with Gasteiger partial charge in [0.2, 0.25) is 11.8 Å². The number of nitrogens with one attached hydrogen (secondary N) is 3. The lowest BCUT2D eigenvalue weighted by Gasteiger charge is -2.07. The van der Waals surface area contributed by atoms with Gasteiger partial charge in [-0.15, -0.1) is 0 Å². The Morgan fingerprint density at radius 3 is 2.21 bits per heavy atom. The highest BCUT2D eigenvalue weighted by Crippen LogP contribution is 2.11. The van der Waals surface area contributed by atoms with E-state index in [0.29, 0.717) is 23.5 Å². The van der Waals surface area contributed by atoms with Gasteiger partial charge in [-0.3, -0.25) is 14.4 Å². The van der Waals surface area contributed by atoms with Gasteiger partial charge in [-0.1, -0.05) is 12.1 Å². The number of methoxy groups -OCH3 is 1. The zero-order valence-electron chi connectivity index (χ0n) is 16.6. The molecule has 2 aromatic rings. The fourth-order valence-electron chi connectivity index (χ4n) is 2.40. The standard InChI is InChI=1S/C21H24N4O4/c1-14(12-20(27)22-13-16-4-10-19(29-3)11-5-16)24-25-21(28)17-6-8-18(9-7-17)23-15(2)26/h4-11H,12-13H2,1-3H3,(H,22,27)(H,23,26)(H,25,28)/b24-14-. The SMILES string of the molecule is COc1ccc(CNC(=O)C/C(C)=N\NC(=O)c2ccc(NC(C)=O)cc2)cc1. The van der Waals surface area contributed by atoms with Gasteiger partial charge >= 0.3 is 0 Å². The summed E-state index contributed by atoms with van der Waals surface area (Å²) in [5.74, 6) is -0.0374. The molecule has 0 aliphatic carbocycles. The molecule has 29 heavy (non-hydrogen) atoms. The topological polar surface area (TPSA) is 109 Å². The fourth-order valence-corrected chi connectivity index (χ4v) is 2.40. The lowest BCUT2D eigenvalue weighted by Crippen LogP contribution is -2.26. The first-order valence-corrected chi connectivity index (χ1v) is 8.98. The molecule has 8 nitrogen and oxygen atoms in total. The van der Waals surface area contributed by atoms with Crippen molar-refractivity contribution < 1.29 is 19.1 Å². The quantitative estimate of drug-likeness (QED) is 0.470. The molecular formula is C21H24N4O4. The Labute approximate surface area is 169 Å². The third kappa shape index (κ3) is 7.45. The summed E-state index contributed by atoms with van der Waals surface area (Å²) < 4.78 is 5.09. The Bertz CT molecular complexity index is 890. The van der Waals surface area contributed by atoms with Crippen LogP contribution in [0, 0.1) is 0 Å². The van der Waals surface area contributed by atoms with Crippen LogP contribution in [0.2, 0.25) is 0 Å². The molecule has 0 aromatic heterocycles. The average molecular weight is 396 g/mol. The van der Waals surface area contributed by atoms with E-state index in [1.807, 2.05) is 24.3 Å². The van der Waals surface area contributed by atoms with Gasteiger partial charge in [0, 0.05) is 30.4 Å². The van der Waals surface area contributed by atoms with Crippen LogP contribution in [0.25, 0.3) is 0 Å². The Morgan fingerprint density at radius 2 is 1.62 bits per heavy atom. The molecule has 0 unspecified atom stereocenters. The summed E-state index contributed by atoms with van der Waals surface area (Å²) in [4.78, 5) is 35.1. The van der Waals surface area contributed by atoms with Crippen molar-refractivity contribution in [3.63, 3.8) is 0 Å². The molecule has 0 spiro atoms. The summed E-state index contributed by atoms with van der Waals surface area (Å²) >= 11 is 0. The highest BCUT2D eigenvalue weighted by Gasteiger charge is 2.07. The average Bonchev–Trinajstić information content (AvgIpc) is 2.71. The molecule has 2 aromatic carbocycles. The molecule has 0 atom stereocenters. The van der Waals surface area contributed by atoms with Crippen LogP contribution in [0.1, 0.15) is 36.2 Å². The van der Waals surface area contributed by atoms with Crippen molar-refractivity contribution in [1.82, 2.24) is 10.7 Å². The van der Waals surface area contributed by atoms with Crippen molar-refractivity contribution in [2.24, 2.45) is 5.10 Å². The molecule has 8 heteroatoms. The van der Waals surface area contributed by atoms with Crippen LogP contribution < -0.4 is 20.8 Å². The Morgan fingerprint density at radius 1 is 0.966 bits per heavy atom. The summed E-state index contributed by atoms with van der Waals surface area (Å²) in [6.07, 6.45) is 0.0674. The molecule has 0 fully saturated rings. The Balaban J connectivity index is 1.79. The van der Waals surface area contributed by atoms with E-state index in [2.05, 4.69) is 21.2 Å². The summed E-state index contributed by atoms with van der Waals surface area (Å²) in [6, 6.07) is 13.8. The van der Waals surface area contributed by atoms with E-state index in [4.69, 9.17) is 4.74 Å². The van der Waals surface area contributed by atoms with Gasteiger partial charge in [0.15, 0.2) is 0 Å². The van der Waals surface area contributed by atoms with E-state index in [1.165, 1.54) is 6.92 Å². The minimum atomic E-state index is -0.405. The second-order valence-electron chi connectivity index (χ2n) is 6.35. The lowest BCUT2D eigenvalue weighted by molar-refractivity contribution is -0.120. The van der Waals surface area contributed by atoms with E-state index >= 15 is 0 Å². The molecule has 0 heterocycles. The van der Waals surface area contributed by atoms with Crippen LogP contribution in [0.5, 0.6) is 5.75 Å². The monoisotopic (exact) mass is 396 g/mol. The first-order valence-electron chi connectivity index (χ1n) is 8.98. The van der Waals surface area contributed by atoms with Crippen molar-refractivity contribution in [2.75, 3.05) is 12.4 Å². The molecule has 0 saturated carbocycles. The van der Waals surface area contributed by atoms with Crippen molar-refractivity contribution >= 4 is 29.1 Å². The largest absolute Gasteiger partial charge is 0.497 e. The number of amides is 3. The normalized spacial score (nSPS) is 10.8. The van der Waals surface area contributed by atoms with Crippen LogP contribution in [-0.4, -0.2) is 30.5 Å². The summed E-state index contributed by atoms with van der Waals surface area (Å²) in [5.41, 5.74) is 4.83. The van der Waals surface area contributed by atoms with Gasteiger partial charge in [0.1, 0.15) is 5.75 Å². The van der Waals surface area contributed by atoms with E-state index in [1.54, 1.807) is 38.3 Å². The van der Waals surface area contributed by atoms with Gasteiger partial charge < -0.3 is 15.4 Å². The molecule has 3 amide bonds. The lowest BCUT2D eigenvalue weighted by atomic mass is 10.2. The second-order valence-corrected chi connectivity index (χ2v) is 6.35. The molecule has 3 N–H and O–H groups in total. The van der Waals surface area contributed by atoms with E-state index < -0.39 is 5.91 Å². The third-order valence-electron chi connectivity index (χ3n) is 3.88. The zero-order valence-corrected chi connectivity index (χ0v) is 16.6. The van der Waals surface area contributed by atoms with Gasteiger partial charge in [-0.05, 0) is 48.9 Å². The number of carbonyl (C=O) groups is 3. The summed E-state index contributed by atoms with van der Waals surface area (Å²) in [7, 11) is 1.60. The first-order chi connectivity index (χ1) is 13.9. The molecule has 152 valence electrons. The molecular weight excluding hydrogens is 372 g/mol. The van der Waals surface area contributed by atoms with Crippen molar-refractivity contribution in [3.8, 4) is 5.75 Å². The molecule has 0 aliphatic rings. The molecule has 0 aliphatic heterocycles. The predicted octanol–water partition coefficient (Wildman–Crippen LogP) is 2.47. The van der Waals surface area contributed by atoms with Crippen molar-refractivity contribution in [2.45, 2.75) is 26.8 Å². The number of hydrogen-bond donors (Lipinski definition) is 3. The van der Waals surface area contributed by atoms with Crippen LogP contribution in [0.15, 0.2) is 53.6 Å². The van der Waals surface area contributed by atoms with Crippen LogP contribution >= 0.6 is 0 Å². The fraction of sp³-hybridized carbons (Fsp3) is 0.238. The van der Waals surface area contributed by atoms with E-state index in [-0.39, 0.29) is 18.2 Å². The maximum Gasteiger partial charge on any atom is 0.271 e. The van der Waals surface area contributed by atoms with Crippen molar-refractivity contribution in [1.29, 1.82) is 0 Å². The highest BCUT2D eigenvalue weighted by atomic mass is 16.5. The number of anilines is 1.